The Balaban J connectivity index is 4.67. The molecule has 0 N–H and O–H groups in total. The molecule has 0 nitrogen and oxygen atoms in total. The van der Waals surface area contributed by atoms with E-state index in [2.05, 4.69) is 62.3 Å². The van der Waals surface area contributed by atoms with E-state index in [0.717, 1.165) is 14.5 Å². The SMILES string of the molecule is CC(C)C(C)(C)PC(C)(C)C(C)(C)C. The van der Waals surface area contributed by atoms with Crippen molar-refractivity contribution in [3.8, 4) is 0 Å². The van der Waals surface area contributed by atoms with E-state index in [-0.39, 0.29) is 0 Å². The topological polar surface area (TPSA) is 0 Å². The van der Waals surface area contributed by atoms with Crippen molar-refractivity contribution in [1.82, 2.24) is 0 Å². The summed E-state index contributed by atoms with van der Waals surface area (Å²) in [6.45, 7) is 21.4. The first-order valence-electron chi connectivity index (χ1n) is 5.69. The van der Waals surface area contributed by atoms with Crippen LogP contribution in [0.1, 0.15) is 62.3 Å². The van der Waals surface area contributed by atoms with Gasteiger partial charge in [-0.15, -0.1) is 8.58 Å². The fraction of sp³-hybridized carbons (Fsp3) is 1.00. The Morgan fingerprint density at radius 3 is 1.36 bits per heavy atom. The third kappa shape index (κ3) is 3.54. The molecule has 0 aliphatic rings. The van der Waals surface area contributed by atoms with Gasteiger partial charge in [0, 0.05) is 0 Å². The molecule has 1 heteroatoms. The summed E-state index contributed by atoms with van der Waals surface area (Å²) < 4.78 is 0. The summed E-state index contributed by atoms with van der Waals surface area (Å²) in [5.41, 5.74) is 0.400. The van der Waals surface area contributed by atoms with Crippen molar-refractivity contribution in [2.45, 2.75) is 72.6 Å². The largest absolute Gasteiger partial charge is 0.110 e. The molecular weight excluding hydrogens is 187 g/mol. The molecule has 0 spiro atoms. The number of rotatable bonds is 3. The molecule has 0 aliphatic heterocycles. The Morgan fingerprint density at radius 2 is 1.14 bits per heavy atom. The summed E-state index contributed by atoms with van der Waals surface area (Å²) in [5, 5.41) is 0.900. The summed E-state index contributed by atoms with van der Waals surface area (Å²) >= 11 is 0. The molecule has 0 fully saturated rings. The standard InChI is InChI=1S/C13H29P/c1-10(2)12(6,7)14-13(8,9)11(3,4)5/h10,14H,1-9H3. The Labute approximate surface area is 93.0 Å². The first-order valence-corrected chi connectivity index (χ1v) is 6.69. The highest BCUT2D eigenvalue weighted by Crippen LogP contribution is 2.54. The lowest BCUT2D eigenvalue weighted by Crippen LogP contribution is -2.37. The summed E-state index contributed by atoms with van der Waals surface area (Å²) in [7, 11) is 1.02. The van der Waals surface area contributed by atoms with Crippen molar-refractivity contribution in [3.63, 3.8) is 0 Å². The Bertz CT molecular complexity index is 182. The van der Waals surface area contributed by atoms with Gasteiger partial charge in [0.05, 0.1) is 0 Å². The quantitative estimate of drug-likeness (QED) is 0.587. The predicted octanol–water partition coefficient (Wildman–Crippen LogP) is 4.92. The van der Waals surface area contributed by atoms with Crippen LogP contribution in [0.4, 0.5) is 0 Å². The zero-order valence-electron chi connectivity index (χ0n) is 11.6. The maximum atomic E-state index is 2.41. The van der Waals surface area contributed by atoms with E-state index in [0.29, 0.717) is 15.7 Å². The lowest BCUT2D eigenvalue weighted by molar-refractivity contribution is 0.309. The summed E-state index contributed by atoms with van der Waals surface area (Å²) in [4.78, 5) is 0. The van der Waals surface area contributed by atoms with Crippen molar-refractivity contribution in [2.24, 2.45) is 11.3 Å². The van der Waals surface area contributed by atoms with Crippen LogP contribution in [0.15, 0.2) is 0 Å². The van der Waals surface area contributed by atoms with E-state index < -0.39 is 0 Å². The molecule has 1 atom stereocenters. The van der Waals surface area contributed by atoms with Gasteiger partial charge < -0.3 is 0 Å². The lowest BCUT2D eigenvalue weighted by Gasteiger charge is -2.45. The number of hydrogen-bond acceptors (Lipinski definition) is 0. The molecule has 0 heterocycles. The third-order valence-electron chi connectivity index (χ3n) is 3.95. The minimum absolute atomic E-state index is 0.400. The molecule has 0 rings (SSSR count). The normalized spacial score (nSPS) is 15.9. The van der Waals surface area contributed by atoms with Crippen LogP contribution in [0.3, 0.4) is 0 Å². The molecule has 0 saturated heterocycles. The second-order valence-corrected chi connectivity index (χ2v) is 9.67. The van der Waals surface area contributed by atoms with Crippen molar-refractivity contribution in [2.75, 3.05) is 0 Å². The molecule has 0 aromatic carbocycles. The van der Waals surface area contributed by atoms with E-state index in [1.54, 1.807) is 0 Å². The maximum absolute atomic E-state index is 2.41. The zero-order valence-corrected chi connectivity index (χ0v) is 12.6. The van der Waals surface area contributed by atoms with Gasteiger partial charge in [-0.3, -0.25) is 0 Å². The van der Waals surface area contributed by atoms with Crippen LogP contribution >= 0.6 is 8.58 Å². The zero-order chi connectivity index (χ0) is 11.8. The Morgan fingerprint density at radius 1 is 0.786 bits per heavy atom. The van der Waals surface area contributed by atoms with Crippen LogP contribution in [0.2, 0.25) is 0 Å². The van der Waals surface area contributed by atoms with Crippen LogP contribution in [0, 0.1) is 11.3 Å². The van der Waals surface area contributed by atoms with E-state index in [1.165, 1.54) is 0 Å². The van der Waals surface area contributed by atoms with Crippen molar-refractivity contribution in [3.05, 3.63) is 0 Å². The molecule has 0 amide bonds. The molecule has 14 heavy (non-hydrogen) atoms. The highest BCUT2D eigenvalue weighted by Gasteiger charge is 2.38. The van der Waals surface area contributed by atoms with Gasteiger partial charge in [-0.25, -0.2) is 0 Å². The Kier molecular flexibility index (Phi) is 4.25. The van der Waals surface area contributed by atoms with Gasteiger partial charge in [0.1, 0.15) is 0 Å². The van der Waals surface area contributed by atoms with E-state index >= 15 is 0 Å². The van der Waals surface area contributed by atoms with Gasteiger partial charge in [-0.05, 0) is 21.6 Å². The minimum atomic E-state index is 0.400. The molecule has 86 valence electrons. The summed E-state index contributed by atoms with van der Waals surface area (Å²) in [6, 6.07) is 0. The van der Waals surface area contributed by atoms with E-state index in [4.69, 9.17) is 0 Å². The van der Waals surface area contributed by atoms with Gasteiger partial charge in [0.25, 0.3) is 0 Å². The third-order valence-corrected chi connectivity index (χ3v) is 6.55. The second-order valence-electron chi connectivity index (χ2n) is 6.88. The average molecular weight is 216 g/mol. The van der Waals surface area contributed by atoms with Crippen molar-refractivity contribution in [1.29, 1.82) is 0 Å². The fourth-order valence-electron chi connectivity index (χ4n) is 1.14. The fourth-order valence-corrected chi connectivity index (χ4v) is 3.41. The molecule has 0 aromatic heterocycles. The van der Waals surface area contributed by atoms with Gasteiger partial charge in [0.15, 0.2) is 0 Å². The van der Waals surface area contributed by atoms with Crippen LogP contribution in [0.5, 0.6) is 0 Å². The van der Waals surface area contributed by atoms with E-state index in [1.807, 2.05) is 0 Å². The Hall–Kier alpha value is 0.430. The van der Waals surface area contributed by atoms with Crippen LogP contribution in [0.25, 0.3) is 0 Å². The van der Waals surface area contributed by atoms with Gasteiger partial charge in [0.2, 0.25) is 0 Å². The maximum Gasteiger partial charge on any atom is -0.0125 e. The lowest BCUT2D eigenvalue weighted by atomic mass is 9.82. The predicted molar refractivity (Wildman–Crippen MR) is 70.8 cm³/mol. The molecule has 0 aliphatic carbocycles. The van der Waals surface area contributed by atoms with E-state index in [9.17, 15) is 0 Å². The summed E-state index contributed by atoms with van der Waals surface area (Å²) in [6.07, 6.45) is 0. The number of hydrogen-bond donors (Lipinski definition) is 0. The molecular formula is C13H29P. The molecule has 0 bridgehead atoms. The van der Waals surface area contributed by atoms with Gasteiger partial charge in [-0.1, -0.05) is 62.3 Å². The average Bonchev–Trinajstić information content (AvgIpc) is 1.80. The highest BCUT2D eigenvalue weighted by atomic mass is 31.1. The molecule has 1 unspecified atom stereocenters. The van der Waals surface area contributed by atoms with Gasteiger partial charge >= 0.3 is 0 Å². The van der Waals surface area contributed by atoms with Crippen LogP contribution in [-0.2, 0) is 0 Å². The molecule has 0 radical (unpaired) electrons. The van der Waals surface area contributed by atoms with Crippen LogP contribution in [-0.4, -0.2) is 10.3 Å². The van der Waals surface area contributed by atoms with Gasteiger partial charge in [-0.2, -0.15) is 0 Å². The smallest absolute Gasteiger partial charge is 0.0125 e. The van der Waals surface area contributed by atoms with Crippen molar-refractivity contribution < 1.29 is 0 Å². The first-order chi connectivity index (χ1) is 5.90. The summed E-state index contributed by atoms with van der Waals surface area (Å²) in [5.74, 6) is 0.766. The monoisotopic (exact) mass is 216 g/mol. The van der Waals surface area contributed by atoms with Crippen molar-refractivity contribution >= 4 is 8.58 Å². The molecule has 0 aromatic rings. The van der Waals surface area contributed by atoms with Crippen LogP contribution < -0.4 is 0 Å². The highest BCUT2D eigenvalue weighted by molar-refractivity contribution is 7.41. The minimum Gasteiger partial charge on any atom is -0.110 e. The first kappa shape index (κ1) is 14.4. The second kappa shape index (κ2) is 4.12. The molecule has 0 saturated carbocycles.